The Morgan fingerprint density at radius 2 is 2.26 bits per heavy atom. The van der Waals surface area contributed by atoms with Crippen LogP contribution >= 0.6 is 11.3 Å². The van der Waals surface area contributed by atoms with Gasteiger partial charge in [0.15, 0.2) is 0 Å². The van der Waals surface area contributed by atoms with Crippen LogP contribution in [0.3, 0.4) is 0 Å². The number of amides is 2. The molecule has 2 aromatic rings. The zero-order valence-electron chi connectivity index (χ0n) is 13.3. The van der Waals surface area contributed by atoms with Gasteiger partial charge in [0.2, 0.25) is 5.91 Å². The van der Waals surface area contributed by atoms with Crippen LogP contribution in [0.4, 0.5) is 0 Å². The molecule has 3 rings (SSSR count). The van der Waals surface area contributed by atoms with Crippen molar-refractivity contribution in [1.29, 1.82) is 0 Å². The lowest BCUT2D eigenvalue weighted by Crippen LogP contribution is -2.39. The fourth-order valence-corrected chi connectivity index (χ4v) is 3.58. The Bertz CT molecular complexity index is 708. The third-order valence-electron chi connectivity index (χ3n) is 4.10. The minimum atomic E-state index is -0.162. The molecule has 1 N–H and O–H groups in total. The average molecular weight is 332 g/mol. The van der Waals surface area contributed by atoms with Gasteiger partial charge in [-0.15, -0.1) is 11.3 Å². The molecule has 0 aromatic carbocycles. The molecular weight excluding hydrogens is 312 g/mol. The van der Waals surface area contributed by atoms with E-state index in [4.69, 9.17) is 0 Å². The standard InChI is InChI=1S/C16H20N4O2S/c1-11-15-18-14(10-19(15)7-8-20(11)12(2)21)16(22)17-6-5-13-4-3-9-23-13/h3-4,9-11H,5-8H2,1-2H3,(H,17,22)/t11-/m0/s1. The maximum atomic E-state index is 12.2. The number of fused-ring (bicyclic) bond motifs is 1. The average Bonchev–Trinajstić information content (AvgIpc) is 3.16. The summed E-state index contributed by atoms with van der Waals surface area (Å²) in [6.45, 7) is 5.43. The van der Waals surface area contributed by atoms with Crippen molar-refractivity contribution < 1.29 is 9.59 Å². The van der Waals surface area contributed by atoms with Crippen LogP contribution in [-0.4, -0.2) is 39.4 Å². The highest BCUT2D eigenvalue weighted by Crippen LogP contribution is 2.24. The van der Waals surface area contributed by atoms with E-state index in [9.17, 15) is 9.59 Å². The molecular formula is C16H20N4O2S. The van der Waals surface area contributed by atoms with E-state index in [-0.39, 0.29) is 17.9 Å². The molecule has 1 aliphatic rings. The lowest BCUT2D eigenvalue weighted by Gasteiger charge is -2.32. The van der Waals surface area contributed by atoms with Crippen LogP contribution < -0.4 is 5.32 Å². The molecule has 0 saturated carbocycles. The summed E-state index contributed by atoms with van der Waals surface area (Å²) >= 11 is 1.69. The molecule has 6 nitrogen and oxygen atoms in total. The largest absolute Gasteiger partial charge is 0.350 e. The second-order valence-electron chi connectivity index (χ2n) is 5.65. The number of nitrogens with one attached hydrogen (secondary N) is 1. The van der Waals surface area contributed by atoms with Crippen LogP contribution in [0.25, 0.3) is 0 Å². The first-order valence-electron chi connectivity index (χ1n) is 7.71. The van der Waals surface area contributed by atoms with Gasteiger partial charge in [-0.2, -0.15) is 0 Å². The highest BCUT2D eigenvalue weighted by Gasteiger charge is 2.28. The molecule has 7 heteroatoms. The molecule has 1 atom stereocenters. The Balaban J connectivity index is 1.64. The van der Waals surface area contributed by atoms with Crippen molar-refractivity contribution in [1.82, 2.24) is 19.8 Å². The van der Waals surface area contributed by atoms with Crippen LogP contribution in [0, 0.1) is 0 Å². The van der Waals surface area contributed by atoms with E-state index < -0.39 is 0 Å². The highest BCUT2D eigenvalue weighted by atomic mass is 32.1. The summed E-state index contributed by atoms with van der Waals surface area (Å²) in [5, 5.41) is 4.94. The molecule has 1 aliphatic heterocycles. The molecule has 3 heterocycles. The first-order valence-corrected chi connectivity index (χ1v) is 8.59. The van der Waals surface area contributed by atoms with Gasteiger partial charge in [0.05, 0.1) is 6.04 Å². The van der Waals surface area contributed by atoms with Gasteiger partial charge in [0.1, 0.15) is 11.5 Å². The van der Waals surface area contributed by atoms with Gasteiger partial charge in [-0.25, -0.2) is 4.98 Å². The minimum Gasteiger partial charge on any atom is -0.350 e. The van der Waals surface area contributed by atoms with Crippen LogP contribution in [0.2, 0.25) is 0 Å². The van der Waals surface area contributed by atoms with Crippen molar-refractivity contribution in [3.63, 3.8) is 0 Å². The SMILES string of the molecule is CC(=O)N1CCn2cc(C(=O)NCCc3cccs3)nc2[C@@H]1C. The zero-order valence-corrected chi connectivity index (χ0v) is 14.1. The maximum Gasteiger partial charge on any atom is 0.271 e. The van der Waals surface area contributed by atoms with Crippen LogP contribution in [0.15, 0.2) is 23.7 Å². The van der Waals surface area contributed by atoms with Gasteiger partial charge < -0.3 is 14.8 Å². The number of aromatic nitrogens is 2. The topological polar surface area (TPSA) is 67.2 Å². The number of carbonyl (C=O) groups is 2. The third-order valence-corrected chi connectivity index (χ3v) is 5.04. The van der Waals surface area contributed by atoms with Gasteiger partial charge in [0.25, 0.3) is 5.91 Å². The molecule has 0 radical (unpaired) electrons. The highest BCUT2D eigenvalue weighted by molar-refractivity contribution is 7.09. The van der Waals surface area contributed by atoms with E-state index in [2.05, 4.69) is 16.4 Å². The number of carbonyl (C=O) groups excluding carboxylic acids is 2. The minimum absolute atomic E-state index is 0.0358. The van der Waals surface area contributed by atoms with Crippen molar-refractivity contribution in [2.45, 2.75) is 32.9 Å². The Labute approximate surface area is 139 Å². The molecule has 0 aliphatic carbocycles. The molecule has 0 fully saturated rings. The predicted molar refractivity (Wildman–Crippen MR) is 88.4 cm³/mol. The van der Waals surface area contributed by atoms with Crippen molar-refractivity contribution >= 4 is 23.2 Å². The molecule has 2 amide bonds. The van der Waals surface area contributed by atoms with E-state index in [1.807, 2.05) is 22.9 Å². The Hall–Kier alpha value is -2.15. The predicted octanol–water partition coefficient (Wildman–Crippen LogP) is 1.84. The van der Waals surface area contributed by atoms with Crippen molar-refractivity contribution in [3.8, 4) is 0 Å². The van der Waals surface area contributed by atoms with Gasteiger partial charge >= 0.3 is 0 Å². The van der Waals surface area contributed by atoms with Crippen molar-refractivity contribution in [3.05, 3.63) is 40.1 Å². The van der Waals surface area contributed by atoms with Gasteiger partial charge in [0, 0.05) is 37.6 Å². The first-order chi connectivity index (χ1) is 11.1. The number of rotatable bonds is 4. The number of hydrogen-bond donors (Lipinski definition) is 1. The third kappa shape index (κ3) is 3.29. The van der Waals surface area contributed by atoms with Gasteiger partial charge in [-0.1, -0.05) is 6.07 Å². The summed E-state index contributed by atoms with van der Waals surface area (Å²) in [5.41, 5.74) is 0.420. The number of hydrogen-bond acceptors (Lipinski definition) is 4. The number of imidazole rings is 1. The van der Waals surface area contributed by atoms with E-state index in [1.165, 1.54) is 4.88 Å². The van der Waals surface area contributed by atoms with E-state index in [1.54, 1.807) is 29.4 Å². The molecule has 0 spiro atoms. The fraction of sp³-hybridized carbons (Fsp3) is 0.438. The molecule has 0 unspecified atom stereocenters. The van der Waals surface area contributed by atoms with Crippen molar-refractivity contribution in [2.24, 2.45) is 0 Å². The van der Waals surface area contributed by atoms with Gasteiger partial charge in [-0.05, 0) is 24.8 Å². The Morgan fingerprint density at radius 1 is 1.43 bits per heavy atom. The lowest BCUT2D eigenvalue weighted by molar-refractivity contribution is -0.132. The van der Waals surface area contributed by atoms with E-state index >= 15 is 0 Å². The van der Waals surface area contributed by atoms with E-state index in [0.717, 1.165) is 12.2 Å². The first kappa shape index (κ1) is 15.7. The summed E-state index contributed by atoms with van der Waals surface area (Å²) in [4.78, 5) is 31.3. The summed E-state index contributed by atoms with van der Waals surface area (Å²) in [6, 6.07) is 3.96. The fourth-order valence-electron chi connectivity index (χ4n) is 2.88. The number of thiophene rings is 1. The van der Waals surface area contributed by atoms with Crippen LogP contribution in [0.1, 0.15) is 41.1 Å². The second kappa shape index (κ2) is 6.54. The Morgan fingerprint density at radius 3 is 2.96 bits per heavy atom. The van der Waals surface area contributed by atoms with Gasteiger partial charge in [-0.3, -0.25) is 9.59 Å². The normalized spacial score (nSPS) is 17.0. The second-order valence-corrected chi connectivity index (χ2v) is 6.68. The quantitative estimate of drug-likeness (QED) is 0.929. The summed E-state index contributed by atoms with van der Waals surface area (Å²) in [5.74, 6) is 0.647. The molecule has 23 heavy (non-hydrogen) atoms. The lowest BCUT2D eigenvalue weighted by atomic mass is 10.2. The Kier molecular flexibility index (Phi) is 4.47. The molecule has 122 valence electrons. The monoisotopic (exact) mass is 332 g/mol. The van der Waals surface area contributed by atoms with E-state index in [0.29, 0.717) is 25.3 Å². The maximum absolute atomic E-state index is 12.2. The van der Waals surface area contributed by atoms with Crippen molar-refractivity contribution in [2.75, 3.05) is 13.1 Å². The number of nitrogens with zero attached hydrogens (tertiary/aromatic N) is 3. The zero-order chi connectivity index (χ0) is 16.4. The van der Waals surface area contributed by atoms with Crippen LogP contribution in [0.5, 0.6) is 0 Å². The molecule has 2 aromatic heterocycles. The summed E-state index contributed by atoms with van der Waals surface area (Å²) in [7, 11) is 0. The summed E-state index contributed by atoms with van der Waals surface area (Å²) in [6.07, 6.45) is 2.61. The molecule has 0 saturated heterocycles. The molecule has 0 bridgehead atoms. The summed E-state index contributed by atoms with van der Waals surface area (Å²) < 4.78 is 1.97. The smallest absolute Gasteiger partial charge is 0.271 e. The van der Waals surface area contributed by atoms with Crippen LogP contribution in [-0.2, 0) is 17.8 Å².